The molecular formula is C143H106N6. The molecular weight excluding hydrogens is 1800 g/mol. The van der Waals surface area contributed by atoms with Gasteiger partial charge in [0.1, 0.15) is 0 Å². The highest BCUT2D eigenvalue weighted by molar-refractivity contribution is 6.12. The lowest BCUT2D eigenvalue weighted by Crippen LogP contribution is -2.16. The first-order valence-electron chi connectivity index (χ1n) is 51.9. The summed E-state index contributed by atoms with van der Waals surface area (Å²) in [6.45, 7) is 14.1. The van der Waals surface area contributed by atoms with E-state index in [0.29, 0.717) is 0 Å². The minimum atomic E-state index is -0.0817. The SMILES string of the molecule is CC1(C)c2ccccc2-c2ccc(N(c3ccc(-c4ccc(-n5c6ccccc6c6ccccc65)cc4)cc3)c3ccc4ccccc4c3)cc21.CC1(C)c2ccccc2-c2ccc(N(c3ccc(-c4ccc(-n5c6ccccc6c6ccccc65)cc4)cc3)c3cccc4ccccc34)cc21.CC1(C)c2ccccc2-c2ccc(N(c3ccccc3)c3ccc(-c4ccc(-n5c6ccccc6c6ccccc65)cc4)cc3)cc21. The molecule has 0 fully saturated rings. The van der Waals surface area contributed by atoms with E-state index >= 15 is 0 Å². The van der Waals surface area contributed by atoms with Crippen LogP contribution < -0.4 is 14.7 Å². The van der Waals surface area contributed by atoms with Crippen molar-refractivity contribution in [3.63, 3.8) is 0 Å². The van der Waals surface area contributed by atoms with Gasteiger partial charge in [0.15, 0.2) is 0 Å². The van der Waals surface area contributed by atoms with E-state index in [-0.39, 0.29) is 16.2 Å². The number of para-hydroxylation sites is 7. The summed E-state index contributed by atoms with van der Waals surface area (Å²) in [6.07, 6.45) is 0. The molecule has 0 N–H and O–H groups in total. The molecule has 29 rings (SSSR count). The lowest BCUT2D eigenvalue weighted by molar-refractivity contribution is 0.660. The van der Waals surface area contributed by atoms with Crippen LogP contribution in [0.3, 0.4) is 0 Å². The fourth-order valence-corrected chi connectivity index (χ4v) is 24.5. The quantitative estimate of drug-likeness (QED) is 0.102. The van der Waals surface area contributed by atoms with E-state index < -0.39 is 0 Å². The third-order valence-electron chi connectivity index (χ3n) is 32.0. The Kier molecular flexibility index (Phi) is 21.6. The normalized spacial score (nSPS) is 13.1. The molecule has 3 heterocycles. The second-order valence-corrected chi connectivity index (χ2v) is 41.5. The molecule has 23 aromatic carbocycles. The molecule has 6 nitrogen and oxygen atoms in total. The number of rotatable bonds is 15. The Morgan fingerprint density at radius 1 is 0.148 bits per heavy atom. The molecule has 6 heteroatoms. The molecule has 0 aliphatic heterocycles. The van der Waals surface area contributed by atoms with E-state index in [4.69, 9.17) is 0 Å². The van der Waals surface area contributed by atoms with Gasteiger partial charge in [0.05, 0.1) is 38.8 Å². The number of nitrogens with zero attached hydrogens (tertiary/aromatic N) is 6. The van der Waals surface area contributed by atoms with Gasteiger partial charge >= 0.3 is 0 Å². The van der Waals surface area contributed by atoms with Crippen molar-refractivity contribution >= 4 is 138 Å². The number of anilines is 9. The molecule has 708 valence electrons. The van der Waals surface area contributed by atoms with Crippen LogP contribution >= 0.6 is 0 Å². The average molecular weight is 1910 g/mol. The van der Waals surface area contributed by atoms with Gasteiger partial charge in [-0.25, -0.2) is 0 Å². The predicted octanol–water partition coefficient (Wildman–Crippen LogP) is 39.0. The zero-order valence-corrected chi connectivity index (χ0v) is 84.0. The second-order valence-electron chi connectivity index (χ2n) is 41.5. The Morgan fingerprint density at radius 3 is 0.738 bits per heavy atom. The van der Waals surface area contributed by atoms with Crippen molar-refractivity contribution in [2.75, 3.05) is 14.7 Å². The number of hydrogen-bond donors (Lipinski definition) is 0. The molecule has 0 radical (unpaired) electrons. The second kappa shape index (κ2) is 36.0. The summed E-state index contributed by atoms with van der Waals surface area (Å²) < 4.78 is 7.11. The lowest BCUT2D eigenvalue weighted by atomic mass is 9.82. The molecule has 0 bridgehead atoms. The molecule has 0 unspecified atom stereocenters. The van der Waals surface area contributed by atoms with Crippen LogP contribution in [-0.4, -0.2) is 13.7 Å². The highest BCUT2D eigenvalue weighted by Gasteiger charge is 2.40. The van der Waals surface area contributed by atoms with Crippen LogP contribution in [0.1, 0.15) is 74.9 Å². The van der Waals surface area contributed by atoms with Crippen LogP contribution in [0.25, 0.3) is 171 Å². The summed E-state index contributed by atoms with van der Waals surface area (Å²) in [7, 11) is 0. The molecule has 3 aliphatic rings. The molecule has 0 atom stereocenters. The molecule has 3 aliphatic carbocycles. The van der Waals surface area contributed by atoms with E-state index in [2.05, 4.69) is 604 Å². The van der Waals surface area contributed by atoms with Crippen LogP contribution in [0.5, 0.6) is 0 Å². The Labute approximate surface area is 869 Å². The fourth-order valence-electron chi connectivity index (χ4n) is 24.5. The summed E-state index contributed by atoms with van der Waals surface area (Å²) in [5, 5.41) is 12.6. The van der Waals surface area contributed by atoms with Gasteiger partial charge in [-0.3, -0.25) is 0 Å². The topological polar surface area (TPSA) is 24.5 Å². The third kappa shape index (κ3) is 15.1. The Hall–Kier alpha value is -18.6. The Bertz CT molecular complexity index is 9550. The van der Waals surface area contributed by atoms with Crippen LogP contribution in [0, 0.1) is 0 Å². The molecule has 149 heavy (non-hydrogen) atoms. The zero-order valence-electron chi connectivity index (χ0n) is 84.0. The van der Waals surface area contributed by atoms with Gasteiger partial charge in [0.25, 0.3) is 0 Å². The van der Waals surface area contributed by atoms with Gasteiger partial charge in [-0.1, -0.05) is 399 Å². The maximum Gasteiger partial charge on any atom is 0.0541 e. The highest BCUT2D eigenvalue weighted by Crippen LogP contribution is 2.56. The summed E-state index contributed by atoms with van der Waals surface area (Å²) in [5.41, 5.74) is 44.4. The Morgan fingerprint density at radius 2 is 0.383 bits per heavy atom. The van der Waals surface area contributed by atoms with Crippen LogP contribution in [0.2, 0.25) is 0 Å². The van der Waals surface area contributed by atoms with E-state index in [1.807, 2.05) is 0 Å². The van der Waals surface area contributed by atoms with Crippen molar-refractivity contribution in [2.45, 2.75) is 57.8 Å². The monoisotopic (exact) mass is 1910 g/mol. The standard InChI is InChI=1S/2C49H36N2.C45H34N2/c1-49(2)44-18-8-5-15-40(44)41-31-30-38(32-45(41)49)50(46-21-11-13-35-12-3-4-14-39(35)46)36-26-22-33(23-27-36)34-24-28-37(29-25-34)51-47-19-9-6-16-42(47)43-17-7-10-20-48(43)51;1-49(2)45-16-8-5-13-41(45)42-30-29-40(32-46(42)49)50(39-28-23-33-11-3-4-12-36(33)31-39)37-24-19-34(20-25-37)35-21-26-38(27-22-35)51-47-17-9-6-14-43(47)44-15-7-10-18-48(44)51;1-45(2)41-17-9-6-14-37(41)38-29-28-36(30-42(38)45)46(33-12-4-3-5-13-33)34-24-20-31(21-25-34)32-22-26-35(27-23-32)47-43-18-10-7-15-39(43)40-16-8-11-19-44(40)47/h2*3-32H,1-2H3;3-30H,1-2H3. The first kappa shape index (κ1) is 89.2. The van der Waals surface area contributed by atoms with Crippen LogP contribution in [0.15, 0.2) is 534 Å². The van der Waals surface area contributed by atoms with Gasteiger partial charge in [0, 0.05) is 117 Å². The highest BCUT2D eigenvalue weighted by atomic mass is 15.2. The van der Waals surface area contributed by atoms with Crippen molar-refractivity contribution in [1.82, 2.24) is 13.7 Å². The van der Waals surface area contributed by atoms with E-state index in [1.54, 1.807) is 0 Å². The van der Waals surface area contributed by atoms with Gasteiger partial charge < -0.3 is 28.4 Å². The molecule has 0 amide bonds. The van der Waals surface area contributed by atoms with Crippen molar-refractivity contribution in [3.8, 4) is 83.8 Å². The minimum Gasteiger partial charge on any atom is -0.310 e. The number of hydrogen-bond acceptors (Lipinski definition) is 3. The molecule has 26 aromatic rings. The summed E-state index contributed by atoms with van der Waals surface area (Å²) in [4.78, 5) is 7.20. The third-order valence-corrected chi connectivity index (χ3v) is 32.0. The van der Waals surface area contributed by atoms with Crippen LogP contribution in [-0.2, 0) is 16.2 Å². The molecule has 0 saturated heterocycles. The van der Waals surface area contributed by atoms with Crippen LogP contribution in [0.4, 0.5) is 51.2 Å². The largest absolute Gasteiger partial charge is 0.310 e. The van der Waals surface area contributed by atoms with Gasteiger partial charge in [-0.05, 0) is 292 Å². The summed E-state index contributed by atoms with van der Waals surface area (Å²) in [5.74, 6) is 0. The number of fused-ring (bicyclic) bond motifs is 20. The minimum absolute atomic E-state index is 0.0560. The number of benzene rings is 23. The molecule has 3 aromatic heterocycles. The van der Waals surface area contributed by atoms with Gasteiger partial charge in [-0.15, -0.1) is 0 Å². The van der Waals surface area contributed by atoms with E-state index in [9.17, 15) is 0 Å². The van der Waals surface area contributed by atoms with Crippen molar-refractivity contribution in [2.24, 2.45) is 0 Å². The first-order chi connectivity index (χ1) is 73.2. The Balaban J connectivity index is 0.000000110. The van der Waals surface area contributed by atoms with Crippen molar-refractivity contribution in [1.29, 1.82) is 0 Å². The maximum atomic E-state index is 2.43. The number of aromatic nitrogens is 3. The lowest BCUT2D eigenvalue weighted by Gasteiger charge is -2.29. The zero-order chi connectivity index (χ0) is 99.7. The van der Waals surface area contributed by atoms with Crippen molar-refractivity contribution < 1.29 is 0 Å². The summed E-state index contributed by atoms with van der Waals surface area (Å²) in [6, 6.07) is 195. The average Bonchev–Trinajstić information content (AvgIpc) is 1.56. The van der Waals surface area contributed by atoms with E-state index in [1.165, 1.54) is 204 Å². The van der Waals surface area contributed by atoms with Gasteiger partial charge in [-0.2, -0.15) is 0 Å². The van der Waals surface area contributed by atoms with E-state index in [0.717, 1.165) is 51.2 Å². The molecule has 0 saturated carbocycles. The molecule has 0 spiro atoms. The summed E-state index contributed by atoms with van der Waals surface area (Å²) >= 11 is 0. The fraction of sp³-hybridized carbons (Fsp3) is 0.0629. The van der Waals surface area contributed by atoms with Crippen molar-refractivity contribution in [3.05, 3.63) is 567 Å². The predicted molar refractivity (Wildman–Crippen MR) is 630 cm³/mol. The maximum absolute atomic E-state index is 2.43. The first-order valence-corrected chi connectivity index (χ1v) is 51.9. The smallest absolute Gasteiger partial charge is 0.0541 e. The van der Waals surface area contributed by atoms with Gasteiger partial charge in [0.2, 0.25) is 0 Å².